The maximum absolute atomic E-state index is 12.8. The Bertz CT molecular complexity index is 1320. The number of aromatic nitrogens is 3. The van der Waals surface area contributed by atoms with Gasteiger partial charge in [-0.3, -0.25) is 19.0 Å². The molecule has 0 saturated carbocycles. The summed E-state index contributed by atoms with van der Waals surface area (Å²) in [5.41, 5.74) is 1.63. The van der Waals surface area contributed by atoms with Crippen molar-refractivity contribution in [1.29, 1.82) is 0 Å². The quantitative estimate of drug-likeness (QED) is 0.583. The van der Waals surface area contributed by atoms with Gasteiger partial charge in [-0.1, -0.05) is 0 Å². The number of hydrogen-bond donors (Lipinski definition) is 2. The number of fused-ring (bicyclic) bond motifs is 1. The summed E-state index contributed by atoms with van der Waals surface area (Å²) in [6.07, 6.45) is 0. The highest BCUT2D eigenvalue weighted by Crippen LogP contribution is 2.25. The monoisotopic (exact) mass is 456 g/mol. The van der Waals surface area contributed by atoms with Crippen molar-refractivity contribution in [3.05, 3.63) is 55.3 Å². The fraction of sp³-hybridized carbons (Fsp3) is 0.381. The predicted molar refractivity (Wildman–Crippen MR) is 122 cm³/mol. The zero-order valence-corrected chi connectivity index (χ0v) is 18.9. The van der Waals surface area contributed by atoms with Crippen LogP contribution in [-0.4, -0.2) is 57.9 Å². The topological polar surface area (TPSA) is 120 Å². The Kier molecular flexibility index (Phi) is 5.83. The Morgan fingerprint density at radius 3 is 2.69 bits per heavy atom. The summed E-state index contributed by atoms with van der Waals surface area (Å²) in [5.74, 6) is -0.293. The van der Waals surface area contributed by atoms with Gasteiger partial charge in [0.25, 0.3) is 11.5 Å². The van der Waals surface area contributed by atoms with E-state index >= 15 is 0 Å². The summed E-state index contributed by atoms with van der Waals surface area (Å²) in [6.45, 7) is 5.59. The molecule has 1 saturated heterocycles. The van der Waals surface area contributed by atoms with Crippen molar-refractivity contribution >= 4 is 39.1 Å². The number of rotatable bonds is 5. The zero-order valence-electron chi connectivity index (χ0n) is 18.1. The molecule has 2 amide bonds. The molecule has 32 heavy (non-hydrogen) atoms. The molecule has 2 N–H and O–H groups in total. The Hall–Kier alpha value is -3.47. The van der Waals surface area contributed by atoms with Crippen molar-refractivity contribution in [1.82, 2.24) is 24.8 Å². The smallest absolute Gasteiger partial charge is 0.328 e. The molecule has 1 aliphatic rings. The van der Waals surface area contributed by atoms with Crippen LogP contribution in [0.4, 0.5) is 5.69 Å². The minimum absolute atomic E-state index is 0.0389. The number of nitrogens with zero attached hydrogens (tertiary/aromatic N) is 4. The van der Waals surface area contributed by atoms with Crippen LogP contribution in [-0.2, 0) is 17.9 Å². The number of carbonyl (C=O) groups is 2. The first-order chi connectivity index (χ1) is 15.3. The van der Waals surface area contributed by atoms with E-state index in [4.69, 9.17) is 0 Å². The second kappa shape index (κ2) is 8.58. The van der Waals surface area contributed by atoms with Crippen LogP contribution < -0.4 is 21.5 Å². The van der Waals surface area contributed by atoms with Gasteiger partial charge in [0, 0.05) is 31.6 Å². The van der Waals surface area contributed by atoms with Crippen LogP contribution in [0.2, 0.25) is 0 Å². The van der Waals surface area contributed by atoms with Crippen molar-refractivity contribution in [2.24, 2.45) is 0 Å². The lowest BCUT2D eigenvalue weighted by Crippen LogP contribution is -2.50. The molecule has 4 rings (SSSR count). The summed E-state index contributed by atoms with van der Waals surface area (Å²) in [5, 5.41) is 2.55. The van der Waals surface area contributed by atoms with E-state index in [0.717, 1.165) is 15.1 Å². The van der Waals surface area contributed by atoms with E-state index in [1.165, 1.54) is 11.3 Å². The van der Waals surface area contributed by atoms with Crippen LogP contribution in [0.5, 0.6) is 0 Å². The van der Waals surface area contributed by atoms with Gasteiger partial charge in [0.2, 0.25) is 5.91 Å². The summed E-state index contributed by atoms with van der Waals surface area (Å²) in [7, 11) is 1.55. The molecule has 0 unspecified atom stereocenters. The second-order valence-corrected chi connectivity index (χ2v) is 8.69. The highest BCUT2D eigenvalue weighted by Gasteiger charge is 2.26. The molecular weight excluding hydrogens is 432 g/mol. The molecular formula is C21H24N6O4S. The lowest BCUT2D eigenvalue weighted by molar-refractivity contribution is -0.131. The number of carbonyl (C=O) groups excluding carboxylic acids is 2. The summed E-state index contributed by atoms with van der Waals surface area (Å²) >= 11 is 1.31. The number of hydrogen-bond acceptors (Lipinski definition) is 7. The highest BCUT2D eigenvalue weighted by molar-refractivity contribution is 7.18. The number of pyridine rings is 1. The first-order valence-corrected chi connectivity index (χ1v) is 11.1. The van der Waals surface area contributed by atoms with Gasteiger partial charge in [-0.05, 0) is 32.0 Å². The molecule has 11 heteroatoms. The molecule has 0 radical (unpaired) electrons. The van der Waals surface area contributed by atoms with Gasteiger partial charge in [-0.2, -0.15) is 0 Å². The third kappa shape index (κ3) is 3.91. The van der Waals surface area contributed by atoms with E-state index in [1.54, 1.807) is 31.0 Å². The summed E-state index contributed by atoms with van der Waals surface area (Å²) in [4.78, 5) is 60.8. The van der Waals surface area contributed by atoms with Crippen molar-refractivity contribution in [3.8, 4) is 0 Å². The Morgan fingerprint density at radius 1 is 1.25 bits per heavy atom. The lowest BCUT2D eigenvalue weighted by Gasteiger charge is -2.36. The van der Waals surface area contributed by atoms with Crippen LogP contribution in [0, 0.1) is 6.92 Å². The highest BCUT2D eigenvalue weighted by atomic mass is 32.1. The molecule has 4 heterocycles. The van der Waals surface area contributed by atoms with E-state index in [-0.39, 0.29) is 23.9 Å². The van der Waals surface area contributed by atoms with Gasteiger partial charge >= 0.3 is 5.69 Å². The second-order valence-electron chi connectivity index (χ2n) is 7.55. The molecule has 3 aromatic heterocycles. The first-order valence-electron chi connectivity index (χ1n) is 10.3. The lowest BCUT2D eigenvalue weighted by atomic mass is 10.2. The third-order valence-electron chi connectivity index (χ3n) is 5.55. The van der Waals surface area contributed by atoms with E-state index in [0.29, 0.717) is 47.8 Å². The van der Waals surface area contributed by atoms with Crippen molar-refractivity contribution in [2.75, 3.05) is 31.6 Å². The van der Waals surface area contributed by atoms with Gasteiger partial charge in [-0.15, -0.1) is 11.3 Å². The maximum Gasteiger partial charge on any atom is 0.328 e. The molecule has 0 atom stereocenters. The standard InChI is InChI=1S/C21H24N6O4S/c1-4-27-20(30)18-15(24-21(27)31)9-13(32-18)10-26-8-7-25(11-17(26)28)16-6-5-14(19(29)22-3)23-12(16)2/h5-6,9H,4,7-8,10-11H2,1-3H3,(H,22,29)(H,24,31). The number of piperazine rings is 1. The fourth-order valence-electron chi connectivity index (χ4n) is 3.87. The predicted octanol–water partition coefficient (Wildman–Crippen LogP) is 0.683. The summed E-state index contributed by atoms with van der Waals surface area (Å²) in [6, 6.07) is 5.24. The van der Waals surface area contributed by atoms with Crippen molar-refractivity contribution in [3.63, 3.8) is 0 Å². The minimum Gasteiger partial charge on any atom is -0.359 e. The molecule has 1 aliphatic heterocycles. The average molecular weight is 457 g/mol. The number of anilines is 1. The van der Waals surface area contributed by atoms with Gasteiger partial charge in [0.05, 0.1) is 30.0 Å². The van der Waals surface area contributed by atoms with E-state index in [9.17, 15) is 19.2 Å². The number of aromatic amines is 1. The van der Waals surface area contributed by atoms with Crippen LogP contribution in [0.3, 0.4) is 0 Å². The van der Waals surface area contributed by atoms with Crippen LogP contribution in [0.25, 0.3) is 10.2 Å². The molecule has 0 aromatic carbocycles. The van der Waals surface area contributed by atoms with Crippen LogP contribution >= 0.6 is 11.3 Å². The number of amides is 2. The normalized spacial score (nSPS) is 14.3. The number of H-pyrrole nitrogens is 1. The average Bonchev–Trinajstić information content (AvgIpc) is 3.17. The van der Waals surface area contributed by atoms with E-state index in [1.807, 2.05) is 17.9 Å². The van der Waals surface area contributed by atoms with Gasteiger partial charge in [0.15, 0.2) is 0 Å². The molecule has 0 aliphatic carbocycles. The Morgan fingerprint density at radius 2 is 2.03 bits per heavy atom. The maximum atomic E-state index is 12.8. The summed E-state index contributed by atoms with van der Waals surface area (Å²) < 4.78 is 1.66. The molecule has 0 bridgehead atoms. The molecule has 3 aromatic rings. The van der Waals surface area contributed by atoms with Gasteiger partial charge < -0.3 is 20.1 Å². The molecule has 0 spiro atoms. The van der Waals surface area contributed by atoms with Crippen LogP contribution in [0.15, 0.2) is 27.8 Å². The fourth-order valence-corrected chi connectivity index (χ4v) is 4.95. The van der Waals surface area contributed by atoms with Gasteiger partial charge in [0.1, 0.15) is 10.4 Å². The van der Waals surface area contributed by atoms with Crippen molar-refractivity contribution in [2.45, 2.75) is 26.9 Å². The Balaban J connectivity index is 1.49. The number of thiophene rings is 1. The first kappa shape index (κ1) is 21.8. The SMILES string of the molecule is CCn1c(=O)[nH]c2cc(CN3CCN(c4ccc(C(=O)NC)nc4C)CC3=O)sc2c1=O. The molecule has 10 nitrogen and oxygen atoms in total. The van der Waals surface area contributed by atoms with E-state index in [2.05, 4.69) is 15.3 Å². The van der Waals surface area contributed by atoms with Crippen LogP contribution in [0.1, 0.15) is 28.0 Å². The van der Waals surface area contributed by atoms with Gasteiger partial charge in [-0.25, -0.2) is 9.78 Å². The molecule has 1 fully saturated rings. The molecule has 168 valence electrons. The minimum atomic E-state index is -0.426. The van der Waals surface area contributed by atoms with Crippen molar-refractivity contribution < 1.29 is 9.59 Å². The number of nitrogens with one attached hydrogen (secondary N) is 2. The Labute approximate surface area is 187 Å². The van der Waals surface area contributed by atoms with E-state index < -0.39 is 5.69 Å². The zero-order chi connectivity index (χ0) is 23.0. The number of aryl methyl sites for hydroxylation is 1. The third-order valence-corrected chi connectivity index (χ3v) is 6.66. The largest absolute Gasteiger partial charge is 0.359 e.